The number of ether oxygens (including phenoxy) is 3. The highest BCUT2D eigenvalue weighted by atomic mass is 16.6. The number of anilines is 1. The highest BCUT2D eigenvalue weighted by Gasteiger charge is 2.41. The topological polar surface area (TPSA) is 88.2 Å². The van der Waals surface area contributed by atoms with Gasteiger partial charge in [0, 0.05) is 49.1 Å². The van der Waals surface area contributed by atoms with Crippen LogP contribution in [-0.2, 0) is 9.53 Å². The fraction of sp³-hybridized carbons (Fsp3) is 0.391. The second-order valence-electron chi connectivity index (χ2n) is 8.23. The highest BCUT2D eigenvalue weighted by molar-refractivity contribution is 5.97. The lowest BCUT2D eigenvalue weighted by molar-refractivity contribution is -0.130. The van der Waals surface area contributed by atoms with Gasteiger partial charge in [-0.3, -0.25) is 9.80 Å². The Hall–Kier alpha value is -3.30. The molecule has 2 fully saturated rings. The molecule has 6 rings (SSSR count). The molecule has 1 aromatic heterocycles. The zero-order chi connectivity index (χ0) is 21.5. The molecule has 2 aromatic rings. The Morgan fingerprint density at radius 1 is 1.00 bits per heavy atom. The first kappa shape index (κ1) is 19.4. The van der Waals surface area contributed by atoms with Crippen LogP contribution >= 0.6 is 0 Å². The summed E-state index contributed by atoms with van der Waals surface area (Å²) in [5, 5.41) is 5.22. The molecule has 166 valence electrons. The van der Waals surface area contributed by atoms with Crippen LogP contribution in [0.15, 0.2) is 42.6 Å². The number of nitrogens with one attached hydrogen (secondary N) is 2. The van der Waals surface area contributed by atoms with Gasteiger partial charge in [0.25, 0.3) is 5.91 Å². The van der Waals surface area contributed by atoms with E-state index >= 15 is 0 Å². The molecule has 32 heavy (non-hydrogen) atoms. The van der Waals surface area contributed by atoms with Crippen LogP contribution in [0.4, 0.5) is 5.82 Å². The fourth-order valence-corrected chi connectivity index (χ4v) is 4.63. The van der Waals surface area contributed by atoms with Gasteiger partial charge in [0.2, 0.25) is 0 Å². The van der Waals surface area contributed by atoms with E-state index < -0.39 is 0 Å². The van der Waals surface area contributed by atoms with Crippen molar-refractivity contribution in [1.82, 2.24) is 20.7 Å². The smallest absolute Gasteiger partial charge is 0.264 e. The maximum absolute atomic E-state index is 12.8. The number of amides is 1. The van der Waals surface area contributed by atoms with Crippen molar-refractivity contribution in [2.45, 2.75) is 12.1 Å². The summed E-state index contributed by atoms with van der Waals surface area (Å²) < 4.78 is 16.8. The molecular weight excluding hydrogens is 410 g/mol. The molecule has 1 aromatic carbocycles. The maximum Gasteiger partial charge on any atom is 0.264 e. The minimum Gasteiger partial charge on any atom is -0.486 e. The largest absolute Gasteiger partial charge is 0.486 e. The molecule has 9 nitrogen and oxygen atoms in total. The van der Waals surface area contributed by atoms with Crippen LogP contribution in [0.5, 0.6) is 11.5 Å². The zero-order valence-corrected chi connectivity index (χ0v) is 17.6. The van der Waals surface area contributed by atoms with Crippen LogP contribution in [0, 0.1) is 0 Å². The van der Waals surface area contributed by atoms with Gasteiger partial charge in [0.15, 0.2) is 11.5 Å². The fourth-order valence-electron chi connectivity index (χ4n) is 4.63. The van der Waals surface area contributed by atoms with Crippen molar-refractivity contribution in [2.24, 2.45) is 0 Å². The number of aromatic nitrogens is 1. The van der Waals surface area contributed by atoms with Gasteiger partial charge >= 0.3 is 0 Å². The standard InChI is InChI=1S/C23H25N5O4/c29-22-12-18(15-1-3-19-20(11-15)32-10-9-31-19)26-23-17(14-25-28(22)23)16-2-4-21(24-13-16)27-5-7-30-8-6-27/h1-4,11-13,17,23,25-26H,5-10,14H2. The molecule has 4 aliphatic rings. The zero-order valence-electron chi connectivity index (χ0n) is 17.6. The number of hydrogen-bond acceptors (Lipinski definition) is 8. The molecule has 2 saturated heterocycles. The van der Waals surface area contributed by atoms with Crippen molar-refractivity contribution >= 4 is 17.4 Å². The Balaban J connectivity index is 1.23. The van der Waals surface area contributed by atoms with E-state index in [-0.39, 0.29) is 18.0 Å². The summed E-state index contributed by atoms with van der Waals surface area (Å²) in [7, 11) is 0. The first-order chi connectivity index (χ1) is 15.8. The molecule has 0 bridgehead atoms. The van der Waals surface area contributed by atoms with Crippen LogP contribution < -0.4 is 25.1 Å². The van der Waals surface area contributed by atoms with Gasteiger partial charge in [-0.1, -0.05) is 6.07 Å². The summed E-state index contributed by atoms with van der Waals surface area (Å²) in [6, 6.07) is 9.94. The molecule has 9 heteroatoms. The van der Waals surface area contributed by atoms with Crippen molar-refractivity contribution in [3.8, 4) is 11.5 Å². The van der Waals surface area contributed by atoms with Gasteiger partial charge in [-0.05, 0) is 29.8 Å². The summed E-state index contributed by atoms with van der Waals surface area (Å²) in [5.74, 6) is 2.40. The second-order valence-corrected chi connectivity index (χ2v) is 8.23. The van der Waals surface area contributed by atoms with E-state index in [2.05, 4.69) is 27.8 Å². The van der Waals surface area contributed by atoms with Crippen LogP contribution in [0.3, 0.4) is 0 Å². The lowest BCUT2D eigenvalue weighted by Gasteiger charge is -2.33. The lowest BCUT2D eigenvalue weighted by Crippen LogP contribution is -2.52. The SMILES string of the molecule is O=C1C=C(c2ccc3c(c2)OCCO3)NC2C(c3ccc(N4CCOCC4)nc3)CNN12. The van der Waals surface area contributed by atoms with E-state index in [0.29, 0.717) is 25.5 Å². The average molecular weight is 435 g/mol. The minimum absolute atomic E-state index is 0.0703. The molecule has 0 spiro atoms. The van der Waals surface area contributed by atoms with Gasteiger partial charge in [-0.15, -0.1) is 0 Å². The Morgan fingerprint density at radius 3 is 2.66 bits per heavy atom. The molecule has 2 atom stereocenters. The number of morpholine rings is 1. The van der Waals surface area contributed by atoms with E-state index in [1.54, 1.807) is 11.1 Å². The molecule has 0 saturated carbocycles. The molecular formula is C23H25N5O4. The first-order valence-electron chi connectivity index (χ1n) is 11.0. The summed E-state index contributed by atoms with van der Waals surface area (Å²) in [5.41, 5.74) is 6.00. The van der Waals surface area contributed by atoms with E-state index in [1.807, 2.05) is 24.4 Å². The number of fused-ring (bicyclic) bond motifs is 2. The first-order valence-corrected chi connectivity index (χ1v) is 11.0. The Bertz CT molecular complexity index is 1050. The Kier molecular flexibility index (Phi) is 4.84. The van der Waals surface area contributed by atoms with Crippen molar-refractivity contribution in [1.29, 1.82) is 0 Å². The van der Waals surface area contributed by atoms with E-state index in [9.17, 15) is 4.79 Å². The maximum atomic E-state index is 12.8. The summed E-state index contributed by atoms with van der Waals surface area (Å²) in [4.78, 5) is 19.8. The third-order valence-electron chi connectivity index (χ3n) is 6.34. The normalized spacial score (nSPS) is 24.6. The van der Waals surface area contributed by atoms with Gasteiger partial charge < -0.3 is 24.4 Å². The van der Waals surface area contributed by atoms with Crippen molar-refractivity contribution in [3.63, 3.8) is 0 Å². The van der Waals surface area contributed by atoms with Crippen LogP contribution in [-0.4, -0.2) is 68.1 Å². The predicted molar refractivity (Wildman–Crippen MR) is 117 cm³/mol. The van der Waals surface area contributed by atoms with E-state index in [0.717, 1.165) is 54.7 Å². The predicted octanol–water partition coefficient (Wildman–Crippen LogP) is 1.09. The second kappa shape index (κ2) is 7.99. The average Bonchev–Trinajstić information content (AvgIpc) is 3.29. The molecule has 4 aliphatic heterocycles. The van der Waals surface area contributed by atoms with Gasteiger partial charge in [0.05, 0.1) is 13.2 Å². The summed E-state index contributed by atoms with van der Waals surface area (Å²) in [6.07, 6.45) is 3.35. The molecule has 2 unspecified atom stereocenters. The number of benzene rings is 1. The Morgan fingerprint density at radius 2 is 1.84 bits per heavy atom. The molecule has 1 amide bonds. The molecule has 2 N–H and O–H groups in total. The number of carbonyl (C=O) groups excluding carboxylic acids is 1. The van der Waals surface area contributed by atoms with Gasteiger partial charge in [-0.2, -0.15) is 0 Å². The minimum atomic E-state index is -0.202. The van der Waals surface area contributed by atoms with E-state index in [4.69, 9.17) is 19.2 Å². The number of nitrogens with zero attached hydrogens (tertiary/aromatic N) is 3. The number of carbonyl (C=O) groups is 1. The van der Waals surface area contributed by atoms with Crippen molar-refractivity contribution < 1.29 is 19.0 Å². The lowest BCUT2D eigenvalue weighted by atomic mass is 9.96. The molecule has 0 aliphatic carbocycles. The number of hydrogen-bond donors (Lipinski definition) is 2. The quantitative estimate of drug-likeness (QED) is 0.741. The van der Waals surface area contributed by atoms with Gasteiger partial charge in [0.1, 0.15) is 25.2 Å². The summed E-state index contributed by atoms with van der Waals surface area (Å²) >= 11 is 0. The Labute approximate surface area is 185 Å². The van der Waals surface area contributed by atoms with Crippen molar-refractivity contribution in [2.75, 3.05) is 51.0 Å². The highest BCUT2D eigenvalue weighted by Crippen LogP contribution is 2.35. The van der Waals surface area contributed by atoms with Crippen molar-refractivity contribution in [3.05, 3.63) is 53.7 Å². The monoisotopic (exact) mass is 435 g/mol. The van der Waals surface area contributed by atoms with E-state index in [1.165, 1.54) is 0 Å². The molecule has 5 heterocycles. The third-order valence-corrected chi connectivity index (χ3v) is 6.34. The van der Waals surface area contributed by atoms with Gasteiger partial charge in [-0.25, -0.2) is 10.4 Å². The van der Waals surface area contributed by atoms with Crippen LogP contribution in [0.25, 0.3) is 5.70 Å². The summed E-state index contributed by atoms with van der Waals surface area (Å²) in [6.45, 7) is 4.90. The van der Waals surface area contributed by atoms with Crippen LogP contribution in [0.1, 0.15) is 17.0 Å². The molecule has 0 radical (unpaired) electrons. The van der Waals surface area contributed by atoms with Crippen LogP contribution in [0.2, 0.25) is 0 Å². The number of rotatable bonds is 3. The number of pyridine rings is 1. The number of hydrazine groups is 1. The third kappa shape index (κ3) is 3.43.